The van der Waals surface area contributed by atoms with Gasteiger partial charge in [-0.15, -0.1) is 0 Å². The molecule has 1 N–H and O–H groups in total. The lowest BCUT2D eigenvalue weighted by molar-refractivity contribution is 0.483. The Labute approximate surface area is 165 Å². The molecule has 26 heavy (non-hydrogen) atoms. The predicted molar refractivity (Wildman–Crippen MR) is 117 cm³/mol. The van der Waals surface area contributed by atoms with Crippen molar-refractivity contribution < 1.29 is 13.0 Å². The van der Waals surface area contributed by atoms with Gasteiger partial charge in [0.05, 0.1) is 17.4 Å². The molecule has 1 rings (SSSR count). The van der Waals surface area contributed by atoms with Crippen LogP contribution < -0.4 is 0 Å². The van der Waals surface area contributed by atoms with Crippen molar-refractivity contribution in [3.05, 3.63) is 29.8 Å². The molecular weight excluding hydrogens is 364 g/mol. The molecule has 0 fully saturated rings. The van der Waals surface area contributed by atoms with Gasteiger partial charge in [-0.05, 0) is 42.8 Å². The monoisotopic (exact) mass is 403 g/mol. The molecule has 1 aromatic carbocycles. The Kier molecular flexibility index (Phi) is 15.2. The Morgan fingerprint density at radius 1 is 0.808 bits per heavy atom. The van der Waals surface area contributed by atoms with Crippen LogP contribution in [0.25, 0.3) is 0 Å². The molecule has 0 aliphatic carbocycles. The first kappa shape index (κ1) is 25.5. The summed E-state index contributed by atoms with van der Waals surface area (Å²) in [5.41, 5.74) is 0.956. The van der Waals surface area contributed by atoms with E-state index >= 15 is 0 Å². The van der Waals surface area contributed by atoms with Crippen LogP contribution in [0.4, 0.5) is 0 Å². The molecule has 0 atom stereocenters. The third-order valence-corrected chi connectivity index (χ3v) is 6.20. The Hall–Kier alpha value is -0.520. The zero-order valence-electron chi connectivity index (χ0n) is 17.2. The summed E-state index contributed by atoms with van der Waals surface area (Å²) in [6.07, 6.45) is 19.3. The Bertz CT molecular complexity index is 537. The highest BCUT2D eigenvalue weighted by molar-refractivity contribution is 7.95. The first-order valence-electron chi connectivity index (χ1n) is 9.85. The lowest BCUT2D eigenvalue weighted by Gasteiger charge is -2.01. The summed E-state index contributed by atoms with van der Waals surface area (Å²) in [7, 11) is -3.35. The minimum absolute atomic E-state index is 0.0666. The molecule has 0 radical (unpaired) electrons. The number of benzene rings is 1. The summed E-state index contributed by atoms with van der Waals surface area (Å²) in [5, 5.41) is 0. The van der Waals surface area contributed by atoms with E-state index in [1.807, 2.05) is 6.92 Å². The highest BCUT2D eigenvalue weighted by atomic mass is 32.2. The van der Waals surface area contributed by atoms with Gasteiger partial charge in [0.1, 0.15) is 5.75 Å². The van der Waals surface area contributed by atoms with Crippen molar-refractivity contribution in [3.63, 3.8) is 0 Å². The second-order valence-electron chi connectivity index (χ2n) is 7.16. The van der Waals surface area contributed by atoms with E-state index in [9.17, 15) is 8.42 Å². The maximum Gasteiger partial charge on any atom is 0.294 e. The smallest absolute Gasteiger partial charge is 0.282 e. The average molecular weight is 404 g/mol. The first-order chi connectivity index (χ1) is 12.3. The van der Waals surface area contributed by atoms with E-state index in [0.717, 1.165) is 5.56 Å². The quantitative estimate of drug-likeness (QED) is 0.263. The largest absolute Gasteiger partial charge is 0.294 e. The molecule has 0 aliphatic rings. The molecule has 0 amide bonds. The number of unbranched alkanes of at least 4 members (excludes halogenated alkanes) is 9. The van der Waals surface area contributed by atoms with Gasteiger partial charge in [-0.1, -0.05) is 76.0 Å². The molecule has 3 nitrogen and oxygen atoms in total. The second-order valence-corrected chi connectivity index (χ2v) is 11.0. The fourth-order valence-corrected chi connectivity index (χ4v) is 3.85. The number of rotatable bonds is 12. The van der Waals surface area contributed by atoms with Gasteiger partial charge in [-0.25, -0.2) is 0 Å². The lowest BCUT2D eigenvalue weighted by atomic mass is 10.1. The molecule has 0 heterocycles. The van der Waals surface area contributed by atoms with Crippen LogP contribution in [0.3, 0.4) is 0 Å². The zero-order valence-corrected chi connectivity index (χ0v) is 18.8. The van der Waals surface area contributed by atoms with Crippen molar-refractivity contribution in [2.75, 3.05) is 18.3 Å². The van der Waals surface area contributed by atoms with Crippen molar-refractivity contribution >= 4 is 21.0 Å². The minimum Gasteiger partial charge on any atom is -0.282 e. The minimum atomic E-state index is -4.02. The molecule has 1 aromatic rings. The van der Waals surface area contributed by atoms with Gasteiger partial charge < -0.3 is 0 Å². The van der Waals surface area contributed by atoms with Gasteiger partial charge in [0.25, 0.3) is 10.1 Å². The van der Waals surface area contributed by atoms with E-state index in [-0.39, 0.29) is 4.90 Å². The van der Waals surface area contributed by atoms with Gasteiger partial charge in [0.2, 0.25) is 0 Å². The SMILES string of the molecule is CCCCCCCCCCCC[S+](C)C.Cc1ccc(S(=O)(=O)O)cc1. The molecule has 0 spiro atoms. The third kappa shape index (κ3) is 15.7. The highest BCUT2D eigenvalue weighted by Gasteiger charge is 2.06. The number of hydrogen-bond donors (Lipinski definition) is 1. The fourth-order valence-electron chi connectivity index (χ4n) is 2.59. The lowest BCUT2D eigenvalue weighted by Crippen LogP contribution is -2.00. The molecule has 0 bridgehead atoms. The van der Waals surface area contributed by atoms with Crippen LogP contribution in [0.2, 0.25) is 0 Å². The molecule has 152 valence electrons. The maximum atomic E-state index is 10.5. The van der Waals surface area contributed by atoms with E-state index in [2.05, 4.69) is 19.4 Å². The number of hydrogen-bond acceptors (Lipinski definition) is 2. The van der Waals surface area contributed by atoms with Gasteiger partial charge >= 0.3 is 0 Å². The zero-order chi connectivity index (χ0) is 19.8. The van der Waals surface area contributed by atoms with Crippen molar-refractivity contribution in [1.82, 2.24) is 0 Å². The van der Waals surface area contributed by atoms with E-state index in [4.69, 9.17) is 4.55 Å². The molecule has 0 saturated heterocycles. The van der Waals surface area contributed by atoms with E-state index < -0.39 is 10.1 Å². The Morgan fingerprint density at radius 2 is 1.23 bits per heavy atom. The molecule has 0 saturated carbocycles. The van der Waals surface area contributed by atoms with Gasteiger partial charge in [0.15, 0.2) is 0 Å². The molecule has 5 heteroatoms. The van der Waals surface area contributed by atoms with E-state index in [1.54, 1.807) is 12.1 Å². The fraction of sp³-hybridized carbons (Fsp3) is 0.714. The topological polar surface area (TPSA) is 54.4 Å². The van der Waals surface area contributed by atoms with E-state index in [1.165, 1.54) is 82.1 Å². The van der Waals surface area contributed by atoms with Crippen LogP contribution in [0, 0.1) is 6.92 Å². The Balaban J connectivity index is 0.000000502. The van der Waals surface area contributed by atoms with Crippen molar-refractivity contribution in [2.24, 2.45) is 0 Å². The van der Waals surface area contributed by atoms with Gasteiger partial charge in [-0.3, -0.25) is 4.55 Å². The standard InChI is InChI=1S/C14H31S.C7H8O3S/c1-4-5-6-7-8-9-10-11-12-13-14-15(2)3;1-6-2-4-7(5-3-6)11(8,9)10/h4-14H2,1-3H3;2-5H,1H3,(H,8,9,10)/q+1;. The third-order valence-electron chi connectivity index (χ3n) is 4.22. The van der Waals surface area contributed by atoms with Crippen LogP contribution in [0.5, 0.6) is 0 Å². The first-order valence-corrected chi connectivity index (χ1v) is 13.5. The molecular formula is C21H39O3S2+. The second kappa shape index (κ2) is 15.5. The summed E-state index contributed by atoms with van der Waals surface area (Å²) in [6, 6.07) is 5.99. The average Bonchev–Trinajstić information content (AvgIpc) is 2.56. The molecule has 0 aliphatic heterocycles. The maximum absolute atomic E-state index is 10.5. The van der Waals surface area contributed by atoms with Crippen LogP contribution in [0.15, 0.2) is 29.2 Å². The van der Waals surface area contributed by atoms with Crippen LogP contribution >= 0.6 is 0 Å². The summed E-state index contributed by atoms with van der Waals surface area (Å²) in [5.74, 6) is 1.45. The van der Waals surface area contributed by atoms with E-state index in [0.29, 0.717) is 10.9 Å². The normalized spacial score (nSPS) is 11.3. The predicted octanol–water partition coefficient (Wildman–Crippen LogP) is 6.03. The van der Waals surface area contributed by atoms with Crippen LogP contribution in [0.1, 0.15) is 76.7 Å². The summed E-state index contributed by atoms with van der Waals surface area (Å²) in [4.78, 5) is -0.0666. The van der Waals surface area contributed by atoms with Gasteiger partial charge in [0, 0.05) is 0 Å². The Morgan fingerprint density at radius 3 is 1.62 bits per heavy atom. The number of aryl methyl sites for hydroxylation is 1. The summed E-state index contributed by atoms with van der Waals surface area (Å²) in [6.45, 7) is 4.13. The van der Waals surface area contributed by atoms with Crippen molar-refractivity contribution in [3.8, 4) is 0 Å². The van der Waals surface area contributed by atoms with Crippen molar-refractivity contribution in [1.29, 1.82) is 0 Å². The van der Waals surface area contributed by atoms with Crippen LogP contribution in [-0.2, 0) is 21.0 Å². The summed E-state index contributed by atoms with van der Waals surface area (Å²) < 4.78 is 29.6. The highest BCUT2D eigenvalue weighted by Crippen LogP contribution is 2.11. The van der Waals surface area contributed by atoms with Crippen LogP contribution in [-0.4, -0.2) is 31.2 Å². The summed E-state index contributed by atoms with van der Waals surface area (Å²) >= 11 is 0. The molecule has 0 unspecified atom stereocenters. The molecule has 0 aromatic heterocycles. The van der Waals surface area contributed by atoms with Crippen molar-refractivity contribution in [2.45, 2.75) is 83.0 Å². The van der Waals surface area contributed by atoms with Gasteiger partial charge in [-0.2, -0.15) is 8.42 Å².